The number of amides is 1. The standard InChI is InChI=1S/C19H22N2O4S.C2HF3O2/c1-2-25-11-15-9-10-26(23,24)19(15)12-21(13-19)18(22)17-8-7-14-5-3-4-6-16(14)20-17;3-2(4,5)1(6)7/h3-8,15H,2,9-13H2,1H3;(H,6,7). The molecule has 2 aromatic rings. The first-order valence-electron chi connectivity index (χ1n) is 10.2. The van der Waals surface area contributed by atoms with Crippen LogP contribution in [0.4, 0.5) is 13.2 Å². The van der Waals surface area contributed by atoms with Crippen molar-refractivity contribution in [3.63, 3.8) is 0 Å². The van der Waals surface area contributed by atoms with Gasteiger partial charge in [-0.05, 0) is 25.5 Å². The van der Waals surface area contributed by atoms with Gasteiger partial charge in [-0.2, -0.15) is 13.2 Å². The fourth-order valence-corrected chi connectivity index (χ4v) is 6.46. The van der Waals surface area contributed by atoms with Crippen LogP contribution in [0, 0.1) is 5.92 Å². The molecule has 33 heavy (non-hydrogen) atoms. The third-order valence-corrected chi connectivity index (χ3v) is 8.49. The van der Waals surface area contributed by atoms with Crippen molar-refractivity contribution in [2.24, 2.45) is 5.92 Å². The monoisotopic (exact) mass is 488 g/mol. The lowest BCUT2D eigenvalue weighted by Crippen LogP contribution is -2.68. The lowest BCUT2D eigenvalue weighted by Gasteiger charge is -2.49. The van der Waals surface area contributed by atoms with Gasteiger partial charge in [-0.1, -0.05) is 24.3 Å². The molecule has 2 fully saturated rings. The van der Waals surface area contributed by atoms with Gasteiger partial charge in [0.1, 0.15) is 10.4 Å². The number of carbonyl (C=O) groups is 2. The van der Waals surface area contributed by atoms with Crippen LogP contribution in [0.5, 0.6) is 0 Å². The molecule has 1 N–H and O–H groups in total. The van der Waals surface area contributed by atoms with E-state index in [1.165, 1.54) is 0 Å². The maximum atomic E-state index is 12.8. The van der Waals surface area contributed by atoms with E-state index in [1.54, 1.807) is 11.0 Å². The number of rotatable bonds is 4. The largest absolute Gasteiger partial charge is 0.490 e. The SMILES string of the molecule is CCOCC1CCS(=O)(=O)C12CN(C(=O)c1ccc3ccccc3n1)C2.O=C(O)C(F)(F)F. The first-order chi connectivity index (χ1) is 15.4. The van der Waals surface area contributed by atoms with Crippen LogP contribution >= 0.6 is 0 Å². The van der Waals surface area contributed by atoms with Crippen LogP contribution in [0.1, 0.15) is 23.8 Å². The van der Waals surface area contributed by atoms with Crippen molar-refractivity contribution >= 4 is 32.6 Å². The number of hydrogen-bond donors (Lipinski definition) is 1. The second kappa shape index (κ2) is 9.26. The van der Waals surface area contributed by atoms with Crippen LogP contribution in [0.3, 0.4) is 0 Å². The highest BCUT2D eigenvalue weighted by atomic mass is 32.2. The van der Waals surface area contributed by atoms with Gasteiger partial charge in [0.2, 0.25) is 0 Å². The molecule has 180 valence electrons. The van der Waals surface area contributed by atoms with Crippen LogP contribution in [0.15, 0.2) is 36.4 Å². The van der Waals surface area contributed by atoms with Gasteiger partial charge >= 0.3 is 12.1 Å². The zero-order valence-electron chi connectivity index (χ0n) is 17.7. The summed E-state index contributed by atoms with van der Waals surface area (Å²) in [7, 11) is -3.21. The van der Waals surface area contributed by atoms with Gasteiger partial charge < -0.3 is 14.7 Å². The predicted molar refractivity (Wildman–Crippen MR) is 112 cm³/mol. The average Bonchev–Trinajstić information content (AvgIpc) is 3.00. The molecule has 1 atom stereocenters. The quantitative estimate of drug-likeness (QED) is 0.704. The summed E-state index contributed by atoms with van der Waals surface area (Å²) in [6.07, 6.45) is -4.47. The molecule has 0 saturated carbocycles. The molecule has 1 amide bonds. The third kappa shape index (κ3) is 4.96. The number of carbonyl (C=O) groups excluding carboxylic acids is 1. The molecular formula is C21H23F3N2O6S. The van der Waals surface area contributed by atoms with E-state index in [9.17, 15) is 26.4 Å². The number of pyridine rings is 1. The van der Waals surface area contributed by atoms with Crippen molar-refractivity contribution in [3.8, 4) is 0 Å². The van der Waals surface area contributed by atoms with E-state index < -0.39 is 26.7 Å². The molecule has 0 radical (unpaired) electrons. The fraction of sp³-hybridized carbons (Fsp3) is 0.476. The molecule has 2 aliphatic heterocycles. The lowest BCUT2D eigenvalue weighted by atomic mass is 9.83. The Bertz CT molecular complexity index is 1150. The Hall–Kier alpha value is -2.73. The molecule has 1 aromatic heterocycles. The number of nitrogens with zero attached hydrogens (tertiary/aromatic N) is 2. The summed E-state index contributed by atoms with van der Waals surface area (Å²) in [6, 6.07) is 11.2. The van der Waals surface area contributed by atoms with Crippen LogP contribution < -0.4 is 0 Å². The highest BCUT2D eigenvalue weighted by Gasteiger charge is 2.62. The number of sulfone groups is 1. The maximum absolute atomic E-state index is 12.8. The zero-order chi connectivity index (χ0) is 24.4. The molecule has 2 aliphatic rings. The van der Waals surface area contributed by atoms with Gasteiger partial charge in [0.15, 0.2) is 9.84 Å². The Morgan fingerprint density at radius 3 is 2.45 bits per heavy atom. The Kier molecular flexibility index (Phi) is 6.99. The highest BCUT2D eigenvalue weighted by molar-refractivity contribution is 7.93. The van der Waals surface area contributed by atoms with Crippen molar-refractivity contribution in [3.05, 3.63) is 42.1 Å². The van der Waals surface area contributed by atoms with Crippen LogP contribution in [0.2, 0.25) is 0 Å². The number of fused-ring (bicyclic) bond motifs is 1. The summed E-state index contributed by atoms with van der Waals surface area (Å²) < 4.78 is 61.6. The summed E-state index contributed by atoms with van der Waals surface area (Å²) in [6.45, 7) is 3.38. The number of halogens is 3. The summed E-state index contributed by atoms with van der Waals surface area (Å²) in [5, 5.41) is 8.10. The highest BCUT2D eigenvalue weighted by Crippen LogP contribution is 2.45. The number of aromatic nitrogens is 1. The number of para-hydroxylation sites is 1. The number of ether oxygens (including phenoxy) is 1. The molecule has 3 heterocycles. The average molecular weight is 488 g/mol. The predicted octanol–water partition coefficient (Wildman–Crippen LogP) is 2.53. The number of benzene rings is 1. The Balaban J connectivity index is 0.000000383. The molecule has 1 unspecified atom stereocenters. The molecular weight excluding hydrogens is 465 g/mol. The van der Waals surface area contributed by atoms with Crippen molar-refractivity contribution < 1.29 is 41.0 Å². The minimum Gasteiger partial charge on any atom is -0.475 e. The van der Waals surface area contributed by atoms with Crippen LogP contribution in [-0.4, -0.2) is 78.3 Å². The smallest absolute Gasteiger partial charge is 0.475 e. The molecule has 4 rings (SSSR count). The van der Waals surface area contributed by atoms with Crippen molar-refractivity contribution in [1.29, 1.82) is 0 Å². The van der Waals surface area contributed by atoms with Crippen molar-refractivity contribution in [2.45, 2.75) is 24.3 Å². The Labute approximate surface area is 188 Å². The number of alkyl halides is 3. The fourth-order valence-electron chi connectivity index (χ4n) is 4.06. The van der Waals surface area contributed by atoms with Gasteiger partial charge in [-0.3, -0.25) is 4.79 Å². The zero-order valence-corrected chi connectivity index (χ0v) is 18.5. The van der Waals surface area contributed by atoms with E-state index in [0.29, 0.717) is 25.3 Å². The van der Waals surface area contributed by atoms with E-state index in [4.69, 9.17) is 14.6 Å². The van der Waals surface area contributed by atoms with Crippen LogP contribution in [0.25, 0.3) is 10.9 Å². The molecule has 8 nitrogen and oxygen atoms in total. The first kappa shape index (κ1) is 24.9. The van der Waals surface area contributed by atoms with Gasteiger partial charge in [0.05, 0.1) is 17.9 Å². The van der Waals surface area contributed by atoms with E-state index in [2.05, 4.69) is 4.98 Å². The molecule has 12 heteroatoms. The second-order valence-electron chi connectivity index (χ2n) is 7.88. The second-order valence-corrected chi connectivity index (χ2v) is 10.3. The third-order valence-electron chi connectivity index (χ3n) is 5.89. The minimum absolute atomic E-state index is 0.0407. The molecule has 1 spiro atoms. The van der Waals surface area contributed by atoms with Gasteiger partial charge in [-0.25, -0.2) is 18.2 Å². The Morgan fingerprint density at radius 1 is 1.21 bits per heavy atom. The molecule has 0 aliphatic carbocycles. The van der Waals surface area contributed by atoms with E-state index in [0.717, 1.165) is 10.9 Å². The summed E-state index contributed by atoms with van der Waals surface area (Å²) in [5.41, 5.74) is 1.12. The number of hydrogen-bond acceptors (Lipinski definition) is 6. The van der Waals surface area contributed by atoms with Gasteiger partial charge in [-0.15, -0.1) is 0 Å². The van der Waals surface area contributed by atoms with Gasteiger partial charge in [0.25, 0.3) is 5.91 Å². The number of carboxylic acids is 1. The topological polar surface area (TPSA) is 114 Å². The van der Waals surface area contributed by atoms with Crippen molar-refractivity contribution in [2.75, 3.05) is 32.1 Å². The van der Waals surface area contributed by atoms with Crippen molar-refractivity contribution in [1.82, 2.24) is 9.88 Å². The summed E-state index contributed by atoms with van der Waals surface area (Å²) in [4.78, 5) is 27.7. The number of aliphatic carboxylic acids is 1. The minimum atomic E-state index is -5.08. The number of likely N-dealkylation sites (tertiary alicyclic amines) is 1. The van der Waals surface area contributed by atoms with E-state index >= 15 is 0 Å². The first-order valence-corrected chi connectivity index (χ1v) is 11.8. The van der Waals surface area contributed by atoms with Gasteiger partial charge in [0, 0.05) is 31.0 Å². The number of carboxylic acid groups (broad SMARTS) is 1. The lowest BCUT2D eigenvalue weighted by molar-refractivity contribution is -0.192. The summed E-state index contributed by atoms with van der Waals surface area (Å²) >= 11 is 0. The summed E-state index contributed by atoms with van der Waals surface area (Å²) in [5.74, 6) is -2.83. The Morgan fingerprint density at radius 2 is 1.85 bits per heavy atom. The van der Waals surface area contributed by atoms with E-state index in [1.807, 2.05) is 37.3 Å². The molecule has 1 aromatic carbocycles. The van der Waals surface area contributed by atoms with Crippen LogP contribution in [-0.2, 0) is 19.4 Å². The molecule has 2 saturated heterocycles. The molecule has 0 bridgehead atoms. The maximum Gasteiger partial charge on any atom is 0.490 e. The van der Waals surface area contributed by atoms with E-state index in [-0.39, 0.29) is 30.7 Å². The normalized spacial score (nSPS) is 20.7.